The number of fused-ring (bicyclic) bond motifs is 1. The highest BCUT2D eigenvalue weighted by Gasteiger charge is 2.20. The topological polar surface area (TPSA) is 129 Å². The van der Waals surface area contributed by atoms with Gasteiger partial charge in [0.2, 0.25) is 11.9 Å². The second kappa shape index (κ2) is 8.94. The largest absolute Gasteiger partial charge is 0.378 e. The second-order valence-corrected chi connectivity index (χ2v) is 8.02. The minimum Gasteiger partial charge on any atom is -0.378 e. The highest BCUT2D eigenvalue weighted by Crippen LogP contribution is 2.26. The zero-order chi connectivity index (χ0) is 23.7. The lowest BCUT2D eigenvalue weighted by molar-refractivity contribution is -0.112. The molecule has 11 heteroatoms. The molecule has 4 aromatic rings. The van der Waals surface area contributed by atoms with E-state index in [2.05, 4.69) is 26.9 Å². The van der Waals surface area contributed by atoms with Gasteiger partial charge in [0.05, 0.1) is 25.1 Å². The van der Waals surface area contributed by atoms with Crippen LogP contribution in [0.5, 0.6) is 0 Å². The number of nitrogens with one attached hydrogen (secondary N) is 1. The molecule has 0 spiro atoms. The third-order valence-electron chi connectivity index (χ3n) is 5.71. The average Bonchev–Trinajstić information content (AvgIpc) is 3.48. The molecule has 3 aromatic heterocycles. The number of carbonyl (C=O) groups is 1. The Balaban J connectivity index is 1.47. The van der Waals surface area contributed by atoms with E-state index in [4.69, 9.17) is 20.4 Å². The fraction of sp³-hybridized carbons (Fsp3) is 0.261. The fourth-order valence-corrected chi connectivity index (χ4v) is 3.79. The molecule has 174 valence electrons. The molecule has 0 saturated carbocycles. The fourth-order valence-electron chi connectivity index (χ4n) is 3.79. The van der Waals surface area contributed by atoms with Crippen LogP contribution in [0.15, 0.2) is 49.6 Å². The van der Waals surface area contributed by atoms with Crippen LogP contribution in [0.2, 0.25) is 0 Å². The Labute approximate surface area is 195 Å². The number of hydrogen-bond acceptors (Lipinski definition) is 8. The number of nitrogens with zero attached hydrogens (tertiary/aromatic N) is 7. The molecule has 0 unspecified atom stereocenters. The number of amides is 1. The molecule has 0 radical (unpaired) electrons. The van der Waals surface area contributed by atoms with Crippen molar-refractivity contribution in [2.24, 2.45) is 12.8 Å². The number of aryl methyl sites for hydroxylation is 1. The summed E-state index contributed by atoms with van der Waals surface area (Å²) in [6, 6.07) is 7.50. The molecule has 3 N–H and O–H groups in total. The van der Waals surface area contributed by atoms with Crippen LogP contribution in [-0.2, 0) is 23.1 Å². The number of benzene rings is 1. The van der Waals surface area contributed by atoms with Gasteiger partial charge in [-0.1, -0.05) is 30.8 Å². The number of nitrogens with two attached hydrogens (primary N) is 1. The molecule has 1 saturated heterocycles. The van der Waals surface area contributed by atoms with Crippen molar-refractivity contribution in [3.63, 3.8) is 0 Å². The summed E-state index contributed by atoms with van der Waals surface area (Å²) in [5.74, 6) is 0.728. The summed E-state index contributed by atoms with van der Waals surface area (Å²) in [6.07, 6.45) is 5.41. The molecule has 34 heavy (non-hydrogen) atoms. The Hall–Kier alpha value is -4.25. The Bertz CT molecular complexity index is 1350. The number of morpholine rings is 1. The first kappa shape index (κ1) is 21.6. The molecular formula is C23H25N9O2. The molecule has 1 amide bonds. The minimum absolute atomic E-state index is 0.285. The van der Waals surface area contributed by atoms with Crippen molar-refractivity contribution in [3.8, 4) is 5.69 Å². The van der Waals surface area contributed by atoms with E-state index >= 15 is 0 Å². The number of imidazole rings is 1. The molecule has 0 atom stereocenters. The molecule has 0 aliphatic carbocycles. The van der Waals surface area contributed by atoms with E-state index in [9.17, 15) is 4.79 Å². The summed E-state index contributed by atoms with van der Waals surface area (Å²) in [5.41, 5.74) is 9.54. The van der Waals surface area contributed by atoms with Gasteiger partial charge in [-0.25, -0.2) is 4.98 Å². The van der Waals surface area contributed by atoms with E-state index in [1.54, 1.807) is 17.2 Å². The number of rotatable bonds is 7. The first-order valence-electron chi connectivity index (χ1n) is 10.9. The normalized spacial score (nSPS) is 13.9. The Morgan fingerprint density at radius 2 is 1.97 bits per heavy atom. The van der Waals surface area contributed by atoms with Crippen LogP contribution in [0, 0.1) is 0 Å². The van der Waals surface area contributed by atoms with Crippen molar-refractivity contribution in [1.29, 1.82) is 0 Å². The van der Waals surface area contributed by atoms with Gasteiger partial charge in [0, 0.05) is 38.5 Å². The molecule has 1 aliphatic rings. The van der Waals surface area contributed by atoms with Gasteiger partial charge in [0.25, 0.3) is 0 Å². The van der Waals surface area contributed by atoms with E-state index in [1.807, 2.05) is 42.1 Å². The monoisotopic (exact) mass is 459 g/mol. The van der Waals surface area contributed by atoms with Gasteiger partial charge >= 0.3 is 0 Å². The summed E-state index contributed by atoms with van der Waals surface area (Å²) in [5, 5.41) is 7.67. The maximum atomic E-state index is 11.4. The molecule has 0 bridgehead atoms. The van der Waals surface area contributed by atoms with Gasteiger partial charge in [-0.05, 0) is 11.1 Å². The predicted octanol–water partition coefficient (Wildman–Crippen LogP) is 1.50. The Morgan fingerprint density at radius 3 is 2.65 bits per heavy atom. The Morgan fingerprint density at radius 1 is 1.21 bits per heavy atom. The number of anilines is 2. The standard InChI is InChI=1S/C23H25N9O2/c1-15(20(24)33)17-5-3-16(4-6-17)11-25-21-19-22(29-23(28-21)31-7-9-34-10-8-31)32(14-26-19)18-12-27-30(2)13-18/h3-6,12-14H,1,7-11H2,2H3,(H2,24,33)(H,25,28,29). The van der Waals surface area contributed by atoms with Crippen molar-refractivity contribution in [2.75, 3.05) is 36.5 Å². The number of ether oxygens (including phenoxy) is 1. The Kier molecular flexibility index (Phi) is 5.68. The van der Waals surface area contributed by atoms with Crippen molar-refractivity contribution in [2.45, 2.75) is 6.54 Å². The smallest absolute Gasteiger partial charge is 0.248 e. The molecule has 4 heterocycles. The van der Waals surface area contributed by atoms with E-state index in [1.165, 1.54) is 0 Å². The lowest BCUT2D eigenvalue weighted by Gasteiger charge is -2.27. The maximum Gasteiger partial charge on any atom is 0.248 e. The summed E-state index contributed by atoms with van der Waals surface area (Å²) in [6.45, 7) is 6.95. The van der Waals surface area contributed by atoms with Crippen LogP contribution in [0.25, 0.3) is 22.4 Å². The first-order chi connectivity index (χ1) is 16.5. The van der Waals surface area contributed by atoms with Gasteiger partial charge in [0.1, 0.15) is 6.33 Å². The van der Waals surface area contributed by atoms with Crippen LogP contribution >= 0.6 is 0 Å². The summed E-state index contributed by atoms with van der Waals surface area (Å²) in [4.78, 5) is 27.7. The van der Waals surface area contributed by atoms with Gasteiger partial charge in [-0.2, -0.15) is 15.1 Å². The summed E-state index contributed by atoms with van der Waals surface area (Å²) >= 11 is 0. The van der Waals surface area contributed by atoms with Crippen LogP contribution in [0.3, 0.4) is 0 Å². The predicted molar refractivity (Wildman–Crippen MR) is 128 cm³/mol. The first-order valence-corrected chi connectivity index (χ1v) is 10.9. The maximum absolute atomic E-state index is 11.4. The highest BCUT2D eigenvalue weighted by atomic mass is 16.5. The molecule has 1 fully saturated rings. The van der Waals surface area contributed by atoms with Gasteiger partial charge in [-0.3, -0.25) is 14.0 Å². The van der Waals surface area contributed by atoms with Crippen molar-refractivity contribution in [3.05, 3.63) is 60.7 Å². The molecular weight excluding hydrogens is 434 g/mol. The molecule has 1 aliphatic heterocycles. The number of aromatic nitrogens is 6. The highest BCUT2D eigenvalue weighted by molar-refractivity contribution is 6.17. The van der Waals surface area contributed by atoms with Crippen molar-refractivity contribution in [1.82, 2.24) is 29.3 Å². The van der Waals surface area contributed by atoms with Crippen LogP contribution in [-0.4, -0.2) is 61.5 Å². The number of primary amides is 1. The van der Waals surface area contributed by atoms with Crippen LogP contribution in [0.4, 0.5) is 11.8 Å². The van der Waals surface area contributed by atoms with Crippen molar-refractivity contribution >= 4 is 34.4 Å². The SMILES string of the molecule is C=C(C(N)=O)c1ccc(CNc2nc(N3CCOCC3)nc3c2ncn3-c2cnn(C)c2)cc1. The third kappa shape index (κ3) is 4.20. The van der Waals surface area contributed by atoms with Gasteiger partial charge < -0.3 is 20.7 Å². The van der Waals surface area contributed by atoms with Crippen LogP contribution < -0.4 is 16.0 Å². The van der Waals surface area contributed by atoms with E-state index in [0.717, 1.165) is 24.3 Å². The lowest BCUT2D eigenvalue weighted by atomic mass is 10.1. The van der Waals surface area contributed by atoms with Gasteiger partial charge in [-0.15, -0.1) is 0 Å². The van der Waals surface area contributed by atoms with E-state index < -0.39 is 5.91 Å². The zero-order valence-electron chi connectivity index (χ0n) is 18.8. The summed E-state index contributed by atoms with van der Waals surface area (Å²) in [7, 11) is 1.87. The molecule has 11 nitrogen and oxygen atoms in total. The van der Waals surface area contributed by atoms with E-state index in [0.29, 0.717) is 48.3 Å². The summed E-state index contributed by atoms with van der Waals surface area (Å²) < 4.78 is 9.13. The van der Waals surface area contributed by atoms with Crippen molar-refractivity contribution < 1.29 is 9.53 Å². The quantitative estimate of drug-likeness (QED) is 0.398. The van der Waals surface area contributed by atoms with Crippen LogP contribution in [0.1, 0.15) is 11.1 Å². The number of carbonyl (C=O) groups excluding carboxylic acids is 1. The lowest BCUT2D eigenvalue weighted by Crippen LogP contribution is -2.37. The zero-order valence-corrected chi connectivity index (χ0v) is 18.8. The number of hydrogen-bond donors (Lipinski definition) is 2. The van der Waals surface area contributed by atoms with Gasteiger partial charge in [0.15, 0.2) is 17.0 Å². The second-order valence-electron chi connectivity index (χ2n) is 8.02. The molecule has 1 aromatic carbocycles. The minimum atomic E-state index is -0.533. The molecule has 5 rings (SSSR count). The van der Waals surface area contributed by atoms with E-state index in [-0.39, 0.29) is 5.57 Å². The average molecular weight is 460 g/mol. The third-order valence-corrected chi connectivity index (χ3v) is 5.71.